The monoisotopic (exact) mass is 429 g/mol. The molecule has 31 heavy (non-hydrogen) atoms. The van der Waals surface area contributed by atoms with E-state index in [4.69, 9.17) is 0 Å². The lowest BCUT2D eigenvalue weighted by atomic mass is 10.1. The number of aromatic nitrogens is 1. The van der Waals surface area contributed by atoms with Crippen LogP contribution < -0.4 is 4.80 Å². The van der Waals surface area contributed by atoms with Crippen LogP contribution in [0.3, 0.4) is 0 Å². The SMILES string of the molecule is Cc1ccc(-c2c(-c3ccccc3)sc(=NC(=O)c3ccccc3[N+](=O)[O-])n2C)cc1. The topological polar surface area (TPSA) is 77.5 Å². The molecule has 0 atom stereocenters. The summed E-state index contributed by atoms with van der Waals surface area (Å²) < 4.78 is 1.87. The fourth-order valence-corrected chi connectivity index (χ4v) is 4.48. The average Bonchev–Trinajstić information content (AvgIpc) is 3.11. The molecule has 6 nitrogen and oxygen atoms in total. The van der Waals surface area contributed by atoms with Crippen LogP contribution in [0.2, 0.25) is 0 Å². The summed E-state index contributed by atoms with van der Waals surface area (Å²) in [5.41, 5.74) is 3.82. The van der Waals surface area contributed by atoms with Crippen LogP contribution in [-0.2, 0) is 7.05 Å². The number of amides is 1. The Morgan fingerprint density at radius 1 is 0.935 bits per heavy atom. The van der Waals surface area contributed by atoms with Crippen molar-refractivity contribution in [1.29, 1.82) is 0 Å². The summed E-state index contributed by atoms with van der Waals surface area (Å²) in [6.07, 6.45) is 0. The molecular formula is C24H19N3O3S. The zero-order valence-corrected chi connectivity index (χ0v) is 17.8. The predicted octanol–water partition coefficient (Wildman–Crippen LogP) is 5.38. The molecule has 0 unspecified atom stereocenters. The molecule has 7 heteroatoms. The maximum absolute atomic E-state index is 12.9. The summed E-state index contributed by atoms with van der Waals surface area (Å²) in [6, 6.07) is 23.9. The van der Waals surface area contributed by atoms with Crippen LogP contribution in [0.1, 0.15) is 15.9 Å². The van der Waals surface area contributed by atoms with E-state index in [1.54, 1.807) is 6.07 Å². The van der Waals surface area contributed by atoms with Crippen molar-refractivity contribution in [1.82, 2.24) is 4.57 Å². The molecule has 0 saturated heterocycles. The number of nitro groups is 1. The standard InChI is InChI=1S/C24H19N3O3S/c1-16-12-14-17(15-13-16)21-22(18-8-4-3-5-9-18)31-24(26(21)2)25-23(28)19-10-6-7-11-20(19)27(29)30/h3-15H,1-2H3. The van der Waals surface area contributed by atoms with Gasteiger partial charge in [0.25, 0.3) is 11.6 Å². The van der Waals surface area contributed by atoms with E-state index in [9.17, 15) is 14.9 Å². The first-order valence-electron chi connectivity index (χ1n) is 9.60. The smallest absolute Gasteiger partial charge is 0.286 e. The predicted molar refractivity (Wildman–Crippen MR) is 122 cm³/mol. The van der Waals surface area contributed by atoms with Gasteiger partial charge in [-0.05, 0) is 24.1 Å². The highest BCUT2D eigenvalue weighted by atomic mass is 32.1. The molecule has 1 aromatic heterocycles. The number of nitro benzene ring substituents is 1. The number of hydrogen-bond acceptors (Lipinski definition) is 4. The third-order valence-corrected chi connectivity index (χ3v) is 6.10. The molecule has 0 radical (unpaired) electrons. The van der Waals surface area contributed by atoms with Gasteiger partial charge in [0, 0.05) is 13.1 Å². The Kier molecular flexibility index (Phi) is 5.60. The molecular weight excluding hydrogens is 410 g/mol. The van der Waals surface area contributed by atoms with Gasteiger partial charge in [0.15, 0.2) is 4.80 Å². The van der Waals surface area contributed by atoms with Crippen molar-refractivity contribution in [3.63, 3.8) is 0 Å². The number of aryl methyl sites for hydroxylation is 1. The molecule has 0 fully saturated rings. The third kappa shape index (κ3) is 4.08. The van der Waals surface area contributed by atoms with Crippen molar-refractivity contribution < 1.29 is 9.72 Å². The largest absolute Gasteiger partial charge is 0.319 e. The quantitative estimate of drug-likeness (QED) is 0.323. The Bertz CT molecular complexity index is 1340. The van der Waals surface area contributed by atoms with Crippen molar-refractivity contribution in [3.8, 4) is 21.7 Å². The maximum Gasteiger partial charge on any atom is 0.286 e. The van der Waals surface area contributed by atoms with Crippen molar-refractivity contribution >= 4 is 22.9 Å². The number of hydrogen-bond donors (Lipinski definition) is 0. The van der Waals surface area contributed by atoms with E-state index in [2.05, 4.69) is 4.99 Å². The van der Waals surface area contributed by atoms with Crippen LogP contribution in [0, 0.1) is 17.0 Å². The first-order chi connectivity index (χ1) is 15.0. The van der Waals surface area contributed by atoms with Crippen LogP contribution in [0.4, 0.5) is 5.69 Å². The molecule has 0 N–H and O–H groups in total. The fourth-order valence-electron chi connectivity index (χ4n) is 3.34. The zero-order chi connectivity index (χ0) is 22.0. The van der Waals surface area contributed by atoms with E-state index >= 15 is 0 Å². The number of rotatable bonds is 4. The minimum Gasteiger partial charge on any atom is -0.319 e. The van der Waals surface area contributed by atoms with Gasteiger partial charge in [0.2, 0.25) is 0 Å². The van der Waals surface area contributed by atoms with Gasteiger partial charge in [-0.3, -0.25) is 14.9 Å². The molecule has 0 bridgehead atoms. The van der Waals surface area contributed by atoms with Gasteiger partial charge in [-0.2, -0.15) is 4.99 Å². The molecule has 0 aliphatic rings. The highest BCUT2D eigenvalue weighted by Gasteiger charge is 2.20. The van der Waals surface area contributed by atoms with Crippen molar-refractivity contribution in [2.75, 3.05) is 0 Å². The van der Waals surface area contributed by atoms with E-state index in [1.807, 2.05) is 73.1 Å². The van der Waals surface area contributed by atoms with Gasteiger partial charge in [-0.25, -0.2) is 0 Å². The molecule has 3 aromatic carbocycles. The highest BCUT2D eigenvalue weighted by Crippen LogP contribution is 2.34. The molecule has 0 aliphatic carbocycles. The molecule has 0 spiro atoms. The Labute approximate surface area is 182 Å². The van der Waals surface area contributed by atoms with E-state index in [0.717, 1.165) is 27.3 Å². The molecule has 4 rings (SSSR count). The minimum absolute atomic E-state index is 0.0287. The van der Waals surface area contributed by atoms with E-state index in [0.29, 0.717) is 4.80 Å². The Morgan fingerprint density at radius 2 is 1.58 bits per heavy atom. The number of carbonyl (C=O) groups is 1. The highest BCUT2D eigenvalue weighted by molar-refractivity contribution is 7.13. The summed E-state index contributed by atoms with van der Waals surface area (Å²) >= 11 is 1.38. The Morgan fingerprint density at radius 3 is 2.26 bits per heavy atom. The van der Waals surface area contributed by atoms with Crippen molar-refractivity contribution in [2.45, 2.75) is 6.92 Å². The lowest BCUT2D eigenvalue weighted by molar-refractivity contribution is -0.385. The second-order valence-electron chi connectivity index (χ2n) is 7.04. The number of nitrogens with zero attached hydrogens (tertiary/aromatic N) is 3. The van der Waals surface area contributed by atoms with Gasteiger partial charge >= 0.3 is 0 Å². The Balaban J connectivity index is 1.91. The van der Waals surface area contributed by atoms with Crippen LogP contribution in [0.15, 0.2) is 83.9 Å². The summed E-state index contributed by atoms with van der Waals surface area (Å²) in [5.74, 6) is -0.640. The summed E-state index contributed by atoms with van der Waals surface area (Å²) in [5, 5.41) is 11.3. The van der Waals surface area contributed by atoms with E-state index < -0.39 is 10.8 Å². The van der Waals surface area contributed by atoms with E-state index in [1.165, 1.54) is 29.5 Å². The molecule has 154 valence electrons. The number of thiazole rings is 1. The van der Waals surface area contributed by atoms with Crippen molar-refractivity contribution in [3.05, 3.63) is 105 Å². The maximum atomic E-state index is 12.9. The van der Waals surface area contributed by atoms with Gasteiger partial charge in [-0.15, -0.1) is 0 Å². The van der Waals surface area contributed by atoms with Crippen molar-refractivity contribution in [2.24, 2.45) is 12.0 Å². The minimum atomic E-state index is -0.640. The first-order valence-corrected chi connectivity index (χ1v) is 10.4. The second kappa shape index (κ2) is 8.49. The van der Waals surface area contributed by atoms with Gasteiger partial charge < -0.3 is 4.57 Å². The zero-order valence-electron chi connectivity index (χ0n) is 17.0. The summed E-state index contributed by atoms with van der Waals surface area (Å²) in [4.78, 5) is 29.3. The molecule has 1 amide bonds. The van der Waals surface area contributed by atoms with Gasteiger partial charge in [0.1, 0.15) is 5.56 Å². The Hall–Kier alpha value is -3.84. The average molecular weight is 430 g/mol. The third-order valence-electron chi connectivity index (χ3n) is 4.92. The molecule has 4 aromatic rings. The number of benzene rings is 3. The van der Waals surface area contributed by atoms with Crippen LogP contribution in [0.25, 0.3) is 21.7 Å². The van der Waals surface area contributed by atoms with E-state index in [-0.39, 0.29) is 11.3 Å². The van der Waals surface area contributed by atoms with Gasteiger partial charge in [-0.1, -0.05) is 83.6 Å². The lowest BCUT2D eigenvalue weighted by Crippen LogP contribution is -2.15. The summed E-state index contributed by atoms with van der Waals surface area (Å²) in [7, 11) is 1.85. The normalized spacial score (nSPS) is 11.5. The number of para-hydroxylation sites is 1. The van der Waals surface area contributed by atoms with Crippen LogP contribution >= 0.6 is 11.3 Å². The van der Waals surface area contributed by atoms with Crippen LogP contribution in [0.5, 0.6) is 0 Å². The molecule has 0 saturated carbocycles. The fraction of sp³-hybridized carbons (Fsp3) is 0.0833. The number of carbonyl (C=O) groups excluding carboxylic acids is 1. The molecule has 0 aliphatic heterocycles. The van der Waals surface area contributed by atoms with Crippen LogP contribution in [-0.4, -0.2) is 15.4 Å². The molecule has 1 heterocycles. The first kappa shape index (κ1) is 20.4. The lowest BCUT2D eigenvalue weighted by Gasteiger charge is -2.08. The van der Waals surface area contributed by atoms with Gasteiger partial charge in [0.05, 0.1) is 15.5 Å². The summed E-state index contributed by atoms with van der Waals surface area (Å²) in [6.45, 7) is 2.03. The second-order valence-corrected chi connectivity index (χ2v) is 8.02.